The Morgan fingerprint density at radius 2 is 1.03 bits per heavy atom. The van der Waals surface area contributed by atoms with Gasteiger partial charge in [-0.05, 0) is 47.5 Å². The van der Waals surface area contributed by atoms with Crippen molar-refractivity contribution in [1.82, 2.24) is 9.80 Å². The second kappa shape index (κ2) is 9.04. The predicted octanol–water partition coefficient (Wildman–Crippen LogP) is 4.02. The van der Waals surface area contributed by atoms with E-state index in [4.69, 9.17) is 0 Å². The first kappa shape index (κ1) is 20.7. The van der Waals surface area contributed by atoms with E-state index in [9.17, 15) is 9.59 Å². The lowest BCUT2D eigenvalue weighted by Gasteiger charge is -2.35. The van der Waals surface area contributed by atoms with E-state index in [0.29, 0.717) is 37.3 Å². The van der Waals surface area contributed by atoms with Crippen molar-refractivity contribution in [2.45, 2.75) is 0 Å². The van der Waals surface area contributed by atoms with Crippen LogP contribution in [0.25, 0.3) is 11.1 Å². The number of hydrogen-bond donors (Lipinski definition) is 0. The minimum atomic E-state index is 0.0158. The van der Waals surface area contributed by atoms with E-state index in [1.54, 1.807) is 0 Å². The summed E-state index contributed by atoms with van der Waals surface area (Å²) in [6.07, 6.45) is 0. The number of amides is 2. The average Bonchev–Trinajstić information content (AvgIpc) is 2.84. The van der Waals surface area contributed by atoms with Crippen molar-refractivity contribution in [2.75, 3.05) is 45.2 Å². The smallest absolute Gasteiger partial charge is 0.253 e. The summed E-state index contributed by atoms with van der Waals surface area (Å²) in [5, 5.41) is 0. The van der Waals surface area contributed by atoms with Crippen LogP contribution in [0, 0.1) is 0 Å². The van der Waals surface area contributed by atoms with Gasteiger partial charge in [-0.2, -0.15) is 0 Å². The van der Waals surface area contributed by atoms with Crippen LogP contribution in [0.4, 0.5) is 5.69 Å². The van der Waals surface area contributed by atoms with Crippen LogP contribution in [0.15, 0.2) is 78.9 Å². The van der Waals surface area contributed by atoms with Gasteiger partial charge in [0.05, 0.1) is 0 Å². The summed E-state index contributed by atoms with van der Waals surface area (Å²) in [7, 11) is 3.95. The third-order valence-electron chi connectivity index (χ3n) is 5.72. The molecule has 0 bridgehead atoms. The Labute approximate surface area is 183 Å². The van der Waals surface area contributed by atoms with Crippen molar-refractivity contribution < 1.29 is 9.59 Å². The lowest BCUT2D eigenvalue weighted by atomic mass is 10.0. The van der Waals surface area contributed by atoms with Gasteiger partial charge in [-0.25, -0.2) is 0 Å². The number of hydrogen-bond acceptors (Lipinski definition) is 3. The Balaban J connectivity index is 1.36. The van der Waals surface area contributed by atoms with Gasteiger partial charge in [0.15, 0.2) is 0 Å². The first-order chi connectivity index (χ1) is 15.0. The van der Waals surface area contributed by atoms with Gasteiger partial charge in [0.25, 0.3) is 11.8 Å². The molecule has 4 rings (SSSR count). The SMILES string of the molecule is CN(C)c1ccc(C(=O)N2CCN(C(=O)c3ccc(-c4ccccc4)cc3)CC2)cc1. The first-order valence-corrected chi connectivity index (χ1v) is 10.5. The molecule has 1 saturated heterocycles. The molecular formula is C26H27N3O2. The van der Waals surface area contributed by atoms with Gasteiger partial charge in [-0.1, -0.05) is 42.5 Å². The van der Waals surface area contributed by atoms with E-state index in [2.05, 4.69) is 12.1 Å². The third kappa shape index (κ3) is 4.61. The van der Waals surface area contributed by atoms with Gasteiger partial charge in [0.2, 0.25) is 0 Å². The highest BCUT2D eigenvalue weighted by molar-refractivity contribution is 5.96. The molecule has 0 saturated carbocycles. The highest BCUT2D eigenvalue weighted by Crippen LogP contribution is 2.20. The fraction of sp³-hybridized carbons (Fsp3) is 0.231. The van der Waals surface area contributed by atoms with Gasteiger partial charge in [-0.3, -0.25) is 9.59 Å². The summed E-state index contributed by atoms with van der Waals surface area (Å²) in [4.78, 5) is 31.4. The minimum Gasteiger partial charge on any atom is -0.378 e. The topological polar surface area (TPSA) is 43.9 Å². The third-order valence-corrected chi connectivity index (χ3v) is 5.72. The van der Waals surface area contributed by atoms with E-state index in [0.717, 1.165) is 16.8 Å². The second-order valence-corrected chi connectivity index (χ2v) is 7.97. The zero-order chi connectivity index (χ0) is 21.8. The maximum absolute atomic E-state index is 12.9. The van der Waals surface area contributed by atoms with E-state index in [1.807, 2.05) is 95.5 Å². The largest absolute Gasteiger partial charge is 0.378 e. The Hall–Kier alpha value is -3.60. The summed E-state index contributed by atoms with van der Waals surface area (Å²) in [5.41, 5.74) is 4.64. The fourth-order valence-electron chi connectivity index (χ4n) is 3.82. The molecule has 158 valence electrons. The molecule has 1 aliphatic rings. The summed E-state index contributed by atoms with van der Waals surface area (Å²) >= 11 is 0. The molecule has 0 N–H and O–H groups in total. The molecule has 5 heteroatoms. The van der Waals surface area contributed by atoms with Crippen LogP contribution in [0.5, 0.6) is 0 Å². The molecule has 0 spiro atoms. The monoisotopic (exact) mass is 413 g/mol. The summed E-state index contributed by atoms with van der Waals surface area (Å²) in [5.74, 6) is 0.0339. The molecule has 1 aliphatic heterocycles. The Bertz CT molecular complexity index is 1040. The number of benzene rings is 3. The Morgan fingerprint density at radius 1 is 0.613 bits per heavy atom. The van der Waals surface area contributed by atoms with Crippen molar-refractivity contribution in [2.24, 2.45) is 0 Å². The van der Waals surface area contributed by atoms with Crippen molar-refractivity contribution in [3.63, 3.8) is 0 Å². The van der Waals surface area contributed by atoms with Crippen molar-refractivity contribution in [1.29, 1.82) is 0 Å². The lowest BCUT2D eigenvalue weighted by Crippen LogP contribution is -2.50. The van der Waals surface area contributed by atoms with E-state index < -0.39 is 0 Å². The van der Waals surface area contributed by atoms with Crippen LogP contribution < -0.4 is 4.90 Å². The standard InChI is InChI=1S/C26H27N3O2/c1-27(2)24-14-12-23(13-15-24)26(31)29-18-16-28(17-19-29)25(30)22-10-8-21(9-11-22)20-6-4-3-5-7-20/h3-15H,16-19H2,1-2H3. The molecule has 0 atom stereocenters. The molecule has 1 fully saturated rings. The highest BCUT2D eigenvalue weighted by Gasteiger charge is 2.25. The normalized spacial score (nSPS) is 13.7. The maximum Gasteiger partial charge on any atom is 0.253 e. The molecule has 2 amide bonds. The van der Waals surface area contributed by atoms with Gasteiger partial charge < -0.3 is 14.7 Å². The van der Waals surface area contributed by atoms with Crippen LogP contribution in [-0.4, -0.2) is 61.9 Å². The van der Waals surface area contributed by atoms with Gasteiger partial charge in [0, 0.05) is 57.1 Å². The number of carbonyl (C=O) groups is 2. The molecule has 3 aromatic rings. The minimum absolute atomic E-state index is 0.0158. The molecule has 0 aromatic heterocycles. The highest BCUT2D eigenvalue weighted by atomic mass is 16.2. The molecule has 0 unspecified atom stereocenters. The molecule has 1 heterocycles. The number of nitrogens with zero attached hydrogens (tertiary/aromatic N) is 3. The van der Waals surface area contributed by atoms with Crippen LogP contribution >= 0.6 is 0 Å². The molecule has 31 heavy (non-hydrogen) atoms. The van der Waals surface area contributed by atoms with Crippen molar-refractivity contribution in [3.8, 4) is 11.1 Å². The van der Waals surface area contributed by atoms with Crippen LogP contribution in [-0.2, 0) is 0 Å². The lowest BCUT2D eigenvalue weighted by molar-refractivity contribution is 0.0535. The van der Waals surface area contributed by atoms with Gasteiger partial charge in [-0.15, -0.1) is 0 Å². The molecule has 0 radical (unpaired) electrons. The molecule has 5 nitrogen and oxygen atoms in total. The zero-order valence-electron chi connectivity index (χ0n) is 18.0. The summed E-state index contributed by atoms with van der Waals surface area (Å²) in [6.45, 7) is 2.17. The Morgan fingerprint density at radius 3 is 1.48 bits per heavy atom. The van der Waals surface area contributed by atoms with E-state index in [1.165, 1.54) is 0 Å². The average molecular weight is 414 g/mol. The number of piperazine rings is 1. The van der Waals surface area contributed by atoms with E-state index in [-0.39, 0.29) is 11.8 Å². The number of rotatable bonds is 4. The summed E-state index contributed by atoms with van der Waals surface area (Å²) in [6, 6.07) is 25.5. The van der Waals surface area contributed by atoms with Gasteiger partial charge in [0.1, 0.15) is 0 Å². The summed E-state index contributed by atoms with van der Waals surface area (Å²) < 4.78 is 0. The molecular weight excluding hydrogens is 386 g/mol. The van der Waals surface area contributed by atoms with Crippen LogP contribution in [0.1, 0.15) is 20.7 Å². The van der Waals surface area contributed by atoms with E-state index >= 15 is 0 Å². The first-order valence-electron chi connectivity index (χ1n) is 10.5. The van der Waals surface area contributed by atoms with Crippen molar-refractivity contribution in [3.05, 3.63) is 90.0 Å². The molecule has 0 aliphatic carbocycles. The fourth-order valence-corrected chi connectivity index (χ4v) is 3.82. The Kier molecular flexibility index (Phi) is 6.03. The predicted molar refractivity (Wildman–Crippen MR) is 124 cm³/mol. The van der Waals surface area contributed by atoms with Crippen LogP contribution in [0.2, 0.25) is 0 Å². The van der Waals surface area contributed by atoms with Crippen molar-refractivity contribution >= 4 is 17.5 Å². The zero-order valence-corrected chi connectivity index (χ0v) is 18.0. The molecule has 3 aromatic carbocycles. The maximum atomic E-state index is 12.9. The van der Waals surface area contributed by atoms with Crippen LogP contribution in [0.3, 0.4) is 0 Å². The number of carbonyl (C=O) groups excluding carboxylic acids is 2. The number of anilines is 1. The quantitative estimate of drug-likeness (QED) is 0.649. The second-order valence-electron chi connectivity index (χ2n) is 7.97. The van der Waals surface area contributed by atoms with Gasteiger partial charge >= 0.3 is 0 Å².